The summed E-state index contributed by atoms with van der Waals surface area (Å²) >= 11 is 0. The number of hydrogen-bond acceptors (Lipinski definition) is 3. The zero-order valence-corrected chi connectivity index (χ0v) is 15.3. The van der Waals surface area contributed by atoms with Crippen molar-refractivity contribution in [3.8, 4) is 5.75 Å². The monoisotopic (exact) mass is 368 g/mol. The number of halogens is 1. The molecule has 0 spiro atoms. The van der Waals surface area contributed by atoms with E-state index in [4.69, 9.17) is 4.74 Å². The SMILES string of the molecule is Cc1cc(/C=C(\F)C(=O)c2ccccc2)cc(C)c1OC1(C(=O)O)CCC1. The van der Waals surface area contributed by atoms with Gasteiger partial charge >= 0.3 is 5.97 Å². The minimum Gasteiger partial charge on any atom is -0.478 e. The van der Waals surface area contributed by atoms with E-state index in [-0.39, 0.29) is 5.56 Å². The summed E-state index contributed by atoms with van der Waals surface area (Å²) in [6.07, 6.45) is 2.96. The Bertz CT molecular complexity index is 888. The van der Waals surface area contributed by atoms with Crippen molar-refractivity contribution in [3.63, 3.8) is 0 Å². The Morgan fingerprint density at radius 2 is 1.70 bits per heavy atom. The number of carboxylic acids is 1. The van der Waals surface area contributed by atoms with Crippen molar-refractivity contribution in [3.05, 3.63) is 70.5 Å². The van der Waals surface area contributed by atoms with Crippen LogP contribution in [0.5, 0.6) is 5.75 Å². The number of rotatable bonds is 6. The first kappa shape index (κ1) is 18.8. The molecule has 1 aliphatic rings. The summed E-state index contributed by atoms with van der Waals surface area (Å²) in [5, 5.41) is 9.45. The van der Waals surface area contributed by atoms with Crippen molar-refractivity contribution in [2.45, 2.75) is 38.7 Å². The molecule has 1 fully saturated rings. The third-order valence-electron chi connectivity index (χ3n) is 4.88. The highest BCUT2D eigenvalue weighted by molar-refractivity contribution is 6.09. The molecule has 0 bridgehead atoms. The predicted molar refractivity (Wildman–Crippen MR) is 101 cm³/mol. The van der Waals surface area contributed by atoms with E-state index in [0.717, 1.165) is 6.42 Å². The Balaban J connectivity index is 1.86. The first-order chi connectivity index (χ1) is 12.8. The van der Waals surface area contributed by atoms with E-state index in [2.05, 4.69) is 0 Å². The van der Waals surface area contributed by atoms with E-state index >= 15 is 0 Å². The number of benzene rings is 2. The zero-order valence-electron chi connectivity index (χ0n) is 15.3. The van der Waals surface area contributed by atoms with Crippen LogP contribution in [-0.4, -0.2) is 22.5 Å². The Hall–Kier alpha value is -2.95. The second kappa shape index (κ2) is 7.35. The minimum absolute atomic E-state index is 0.285. The molecule has 0 amide bonds. The smallest absolute Gasteiger partial charge is 0.348 e. The second-order valence-electron chi connectivity index (χ2n) is 6.93. The van der Waals surface area contributed by atoms with E-state index in [0.29, 0.717) is 35.3 Å². The fourth-order valence-electron chi connectivity index (χ4n) is 3.22. The molecule has 0 saturated heterocycles. The van der Waals surface area contributed by atoms with E-state index in [1.807, 2.05) is 0 Å². The van der Waals surface area contributed by atoms with Gasteiger partial charge in [-0.15, -0.1) is 0 Å². The molecule has 3 rings (SSSR count). The third kappa shape index (κ3) is 3.77. The van der Waals surface area contributed by atoms with Crippen molar-refractivity contribution in [1.29, 1.82) is 0 Å². The van der Waals surface area contributed by atoms with E-state index in [1.165, 1.54) is 6.08 Å². The molecule has 0 aliphatic heterocycles. The number of ketones is 1. The molecule has 1 N–H and O–H groups in total. The van der Waals surface area contributed by atoms with Gasteiger partial charge in [0.2, 0.25) is 11.4 Å². The van der Waals surface area contributed by atoms with Gasteiger partial charge in [-0.05, 0) is 68.0 Å². The van der Waals surface area contributed by atoms with Gasteiger partial charge in [0, 0.05) is 5.56 Å². The van der Waals surface area contributed by atoms with Crippen LogP contribution in [-0.2, 0) is 4.79 Å². The van der Waals surface area contributed by atoms with Gasteiger partial charge < -0.3 is 9.84 Å². The molecule has 0 atom stereocenters. The van der Waals surface area contributed by atoms with Crippen LogP contribution >= 0.6 is 0 Å². The highest BCUT2D eigenvalue weighted by Crippen LogP contribution is 2.39. The quantitative estimate of drug-likeness (QED) is 0.583. The number of carbonyl (C=O) groups excluding carboxylic acids is 1. The fourth-order valence-corrected chi connectivity index (χ4v) is 3.22. The number of Topliss-reactive ketones (excluding diaryl/α,β-unsaturated/α-hetero) is 1. The summed E-state index contributed by atoms with van der Waals surface area (Å²) in [5.74, 6) is -1.99. The highest BCUT2D eigenvalue weighted by Gasteiger charge is 2.47. The number of aryl methyl sites for hydroxylation is 2. The Morgan fingerprint density at radius 1 is 1.11 bits per heavy atom. The second-order valence-corrected chi connectivity index (χ2v) is 6.93. The lowest BCUT2D eigenvalue weighted by Gasteiger charge is -2.38. The summed E-state index contributed by atoms with van der Waals surface area (Å²) in [6, 6.07) is 11.6. The van der Waals surface area contributed by atoms with Crippen LogP contribution in [0.4, 0.5) is 4.39 Å². The average molecular weight is 368 g/mol. The van der Waals surface area contributed by atoms with E-state index in [1.54, 1.807) is 56.3 Å². The highest BCUT2D eigenvalue weighted by atomic mass is 19.1. The van der Waals surface area contributed by atoms with Gasteiger partial charge in [0.1, 0.15) is 5.75 Å². The molecule has 0 unspecified atom stereocenters. The number of carbonyl (C=O) groups is 2. The number of carboxylic acid groups (broad SMARTS) is 1. The largest absolute Gasteiger partial charge is 0.478 e. The van der Waals surface area contributed by atoms with Crippen molar-refractivity contribution < 1.29 is 23.8 Å². The Labute approximate surface area is 157 Å². The van der Waals surface area contributed by atoms with Gasteiger partial charge in [0.25, 0.3) is 0 Å². The van der Waals surface area contributed by atoms with E-state index < -0.39 is 23.2 Å². The van der Waals surface area contributed by atoms with Crippen molar-refractivity contribution in [2.75, 3.05) is 0 Å². The molecular formula is C22H21FO4. The summed E-state index contributed by atoms with van der Waals surface area (Å²) in [4.78, 5) is 23.7. The molecular weight excluding hydrogens is 347 g/mol. The van der Waals surface area contributed by atoms with E-state index in [9.17, 15) is 19.1 Å². The van der Waals surface area contributed by atoms with Crippen molar-refractivity contribution >= 4 is 17.8 Å². The number of ether oxygens (including phenoxy) is 1. The van der Waals surface area contributed by atoms with Gasteiger partial charge in [-0.2, -0.15) is 0 Å². The summed E-state index contributed by atoms with van der Waals surface area (Å²) in [6.45, 7) is 3.57. The number of allylic oxidation sites excluding steroid dienone is 1. The number of aliphatic carboxylic acids is 1. The molecule has 140 valence electrons. The molecule has 0 heterocycles. The summed E-state index contributed by atoms with van der Waals surface area (Å²) < 4.78 is 20.2. The summed E-state index contributed by atoms with van der Waals surface area (Å²) in [5.41, 5.74) is 1.05. The van der Waals surface area contributed by atoms with Gasteiger partial charge in [0.05, 0.1) is 0 Å². The lowest BCUT2D eigenvalue weighted by Crippen LogP contribution is -2.50. The van der Waals surface area contributed by atoms with Crippen LogP contribution in [0.1, 0.15) is 46.3 Å². The van der Waals surface area contributed by atoms with Gasteiger partial charge in [-0.1, -0.05) is 30.3 Å². The maximum atomic E-state index is 14.4. The standard InChI is InChI=1S/C22H21FO4/c1-14-11-16(13-18(23)19(24)17-7-4-3-5-8-17)12-15(2)20(14)27-22(21(25)26)9-6-10-22/h3-5,7-8,11-13H,6,9-10H2,1-2H3,(H,25,26)/b18-13-. The molecule has 0 radical (unpaired) electrons. The molecule has 1 aliphatic carbocycles. The Kier molecular flexibility index (Phi) is 5.13. The van der Waals surface area contributed by atoms with Crippen LogP contribution in [0.2, 0.25) is 0 Å². The predicted octanol–water partition coefficient (Wildman–Crippen LogP) is 4.88. The topological polar surface area (TPSA) is 63.6 Å². The molecule has 27 heavy (non-hydrogen) atoms. The first-order valence-corrected chi connectivity index (χ1v) is 8.83. The van der Waals surface area contributed by atoms with Crippen molar-refractivity contribution in [2.24, 2.45) is 0 Å². The van der Waals surface area contributed by atoms with Gasteiger partial charge in [0.15, 0.2) is 5.83 Å². The van der Waals surface area contributed by atoms with Crippen LogP contribution in [0.25, 0.3) is 6.08 Å². The van der Waals surface area contributed by atoms with Gasteiger partial charge in [-0.3, -0.25) is 4.79 Å². The minimum atomic E-state index is -1.17. The van der Waals surface area contributed by atoms with Crippen LogP contribution < -0.4 is 4.74 Å². The van der Waals surface area contributed by atoms with Crippen LogP contribution in [0.3, 0.4) is 0 Å². The lowest BCUT2D eigenvalue weighted by atomic mass is 9.80. The molecule has 2 aromatic carbocycles. The number of hydrogen-bond donors (Lipinski definition) is 1. The maximum absolute atomic E-state index is 14.4. The van der Waals surface area contributed by atoms with Crippen LogP contribution in [0.15, 0.2) is 48.3 Å². The van der Waals surface area contributed by atoms with Crippen molar-refractivity contribution in [1.82, 2.24) is 0 Å². The molecule has 2 aromatic rings. The molecule has 4 nitrogen and oxygen atoms in total. The Morgan fingerprint density at radius 3 is 2.19 bits per heavy atom. The maximum Gasteiger partial charge on any atom is 0.348 e. The first-order valence-electron chi connectivity index (χ1n) is 8.83. The molecule has 1 saturated carbocycles. The normalized spacial score (nSPS) is 15.7. The average Bonchev–Trinajstić information content (AvgIpc) is 2.59. The molecule has 0 aromatic heterocycles. The zero-order chi connectivity index (χ0) is 19.6. The molecule has 5 heteroatoms. The summed E-state index contributed by atoms with van der Waals surface area (Å²) in [7, 11) is 0. The van der Waals surface area contributed by atoms with Gasteiger partial charge in [-0.25, -0.2) is 9.18 Å². The lowest BCUT2D eigenvalue weighted by molar-refractivity contribution is -0.163. The third-order valence-corrected chi connectivity index (χ3v) is 4.88. The fraction of sp³-hybridized carbons (Fsp3) is 0.273. The van der Waals surface area contributed by atoms with Crippen LogP contribution in [0, 0.1) is 13.8 Å².